The van der Waals surface area contributed by atoms with Crippen molar-refractivity contribution in [2.75, 3.05) is 6.61 Å². The highest BCUT2D eigenvalue weighted by molar-refractivity contribution is 5.96. The van der Waals surface area contributed by atoms with E-state index in [4.69, 9.17) is 28.4 Å². The fourth-order valence-electron chi connectivity index (χ4n) is 9.66. The monoisotopic (exact) mass is 867 g/mol. The largest absolute Gasteiger partial charge is 0.456 e. The average molecular weight is 868 g/mol. The van der Waals surface area contributed by atoms with E-state index < -0.39 is 118 Å². The second-order valence-electron chi connectivity index (χ2n) is 18.7. The molecule has 16 nitrogen and oxygen atoms in total. The van der Waals surface area contributed by atoms with Crippen LogP contribution in [0.4, 0.5) is 4.79 Å². The third-order valence-corrected chi connectivity index (χ3v) is 12.8. The number of carbonyl (C=O) groups is 6. The van der Waals surface area contributed by atoms with Gasteiger partial charge < -0.3 is 49.1 Å². The van der Waals surface area contributed by atoms with Crippen molar-refractivity contribution in [3.63, 3.8) is 0 Å². The molecule has 1 heterocycles. The Bertz CT molecular complexity index is 2060. The molecule has 5 rings (SSSR count). The Morgan fingerprint density at radius 1 is 1.06 bits per heavy atom. The molecule has 1 aromatic rings. The number of fused-ring (bicyclic) bond motifs is 5. The van der Waals surface area contributed by atoms with Crippen LogP contribution in [0.5, 0.6) is 0 Å². The Kier molecular flexibility index (Phi) is 13.5. The fourth-order valence-corrected chi connectivity index (χ4v) is 9.66. The molecule has 340 valence electrons. The summed E-state index contributed by atoms with van der Waals surface area (Å²) in [4.78, 5) is 83.3. The lowest BCUT2D eigenvalue weighted by Crippen LogP contribution is -2.82. The summed E-state index contributed by atoms with van der Waals surface area (Å²) in [6, 6.07) is 4.92. The molecule has 2 saturated carbocycles. The number of ketones is 1. The number of aliphatic hydroxyl groups excluding tert-OH is 2. The minimum absolute atomic E-state index is 0.00633. The number of aliphatic hydroxyl groups is 3. The summed E-state index contributed by atoms with van der Waals surface area (Å²) >= 11 is 0. The highest BCUT2D eigenvalue weighted by Gasteiger charge is 2.78. The van der Waals surface area contributed by atoms with Crippen molar-refractivity contribution in [2.45, 2.75) is 155 Å². The fraction of sp³-hybridized carbons (Fsp3) is 0.609. The van der Waals surface area contributed by atoms with E-state index in [2.05, 4.69) is 11.9 Å². The third-order valence-electron chi connectivity index (χ3n) is 12.8. The van der Waals surface area contributed by atoms with Crippen LogP contribution >= 0.6 is 0 Å². The van der Waals surface area contributed by atoms with Crippen LogP contribution in [0.3, 0.4) is 0 Å². The molecule has 0 unspecified atom stereocenters. The number of carbonyl (C=O) groups excluding carboxylic acids is 6. The van der Waals surface area contributed by atoms with E-state index in [0.717, 1.165) is 6.92 Å². The van der Waals surface area contributed by atoms with E-state index >= 15 is 4.79 Å². The van der Waals surface area contributed by atoms with Gasteiger partial charge in [0.25, 0.3) is 0 Å². The number of alkyl carbamates (subject to hydrolysis) is 1. The Morgan fingerprint density at radius 2 is 1.73 bits per heavy atom. The quantitative estimate of drug-likeness (QED) is 0.137. The number of amides is 1. The summed E-state index contributed by atoms with van der Waals surface area (Å²) in [7, 11) is 0. The number of hydrogen-bond donors (Lipinski definition) is 4. The van der Waals surface area contributed by atoms with E-state index in [9.17, 15) is 39.3 Å². The van der Waals surface area contributed by atoms with Crippen LogP contribution < -0.4 is 5.32 Å². The number of rotatable bonds is 11. The number of nitrogens with one attached hydrogen (secondary N) is 1. The van der Waals surface area contributed by atoms with Crippen molar-refractivity contribution in [1.29, 1.82) is 0 Å². The first kappa shape index (κ1) is 48.1. The summed E-state index contributed by atoms with van der Waals surface area (Å²) in [5, 5.41) is 39.8. The van der Waals surface area contributed by atoms with Gasteiger partial charge in [-0.2, -0.15) is 0 Å². The van der Waals surface area contributed by atoms with Gasteiger partial charge in [0, 0.05) is 31.6 Å². The van der Waals surface area contributed by atoms with Crippen LogP contribution in [0, 0.1) is 16.7 Å². The normalized spacial score (nSPS) is 32.1. The zero-order chi connectivity index (χ0) is 46.5. The van der Waals surface area contributed by atoms with Crippen molar-refractivity contribution in [3.8, 4) is 0 Å². The van der Waals surface area contributed by atoms with Crippen LogP contribution in [0.1, 0.15) is 111 Å². The molecule has 1 aromatic carbocycles. The summed E-state index contributed by atoms with van der Waals surface area (Å²) in [5.41, 5.74) is -7.50. The van der Waals surface area contributed by atoms with Gasteiger partial charge in [-0.1, -0.05) is 57.2 Å². The van der Waals surface area contributed by atoms with Crippen molar-refractivity contribution in [3.05, 3.63) is 64.8 Å². The van der Waals surface area contributed by atoms with Crippen LogP contribution in [0.2, 0.25) is 0 Å². The summed E-state index contributed by atoms with van der Waals surface area (Å²) < 4.78 is 35.8. The van der Waals surface area contributed by atoms with Gasteiger partial charge in [-0.15, -0.1) is 0 Å². The second-order valence-corrected chi connectivity index (χ2v) is 18.7. The molecule has 1 amide bonds. The molecular weight excluding hydrogens is 806 g/mol. The van der Waals surface area contributed by atoms with E-state index in [-0.39, 0.29) is 36.2 Å². The minimum Gasteiger partial charge on any atom is -0.456 e. The zero-order valence-electron chi connectivity index (χ0n) is 37.4. The number of benzene rings is 1. The third kappa shape index (κ3) is 8.58. The molecular formula is C46H61NO15. The Balaban J connectivity index is 1.76. The Morgan fingerprint density at radius 3 is 2.27 bits per heavy atom. The molecule has 11 atom stereocenters. The first-order chi connectivity index (χ1) is 28.7. The summed E-state index contributed by atoms with van der Waals surface area (Å²) in [5.74, 6) is -6.25. The molecule has 4 aliphatic rings. The van der Waals surface area contributed by atoms with E-state index in [0.29, 0.717) is 11.1 Å². The topological polar surface area (TPSA) is 231 Å². The SMILES string of the molecule is C=Cc1cccc(C(=O)O[C@H]2[C@@H]3[C@]4(OC(C)=O)CO[C@@H]4C[C@H](O)[C@@]3(C)C(=O)[C@H](OC(=O)CC)C3=C(C)[C@@H](OC(=O)[C@H](O)[C@H](C=C(C)C)NC(=O)OC(C)(C)C)C[C@]2(O)C3(C)C)c1. The molecule has 3 fully saturated rings. The van der Waals surface area contributed by atoms with Gasteiger partial charge in [-0.3, -0.25) is 14.4 Å². The zero-order valence-corrected chi connectivity index (χ0v) is 37.4. The summed E-state index contributed by atoms with van der Waals surface area (Å²) in [6.45, 7) is 20.4. The number of esters is 4. The summed E-state index contributed by atoms with van der Waals surface area (Å²) in [6.07, 6.45) is -8.77. The molecule has 1 aliphatic heterocycles. The first-order valence-electron chi connectivity index (χ1n) is 20.8. The van der Waals surface area contributed by atoms with Gasteiger partial charge in [-0.05, 0) is 77.3 Å². The molecule has 4 N–H and O–H groups in total. The van der Waals surface area contributed by atoms with E-state index in [1.165, 1.54) is 45.1 Å². The van der Waals surface area contributed by atoms with Crippen LogP contribution in [0.25, 0.3) is 6.08 Å². The lowest BCUT2D eigenvalue weighted by molar-refractivity contribution is -0.346. The van der Waals surface area contributed by atoms with Gasteiger partial charge in [0.15, 0.2) is 23.6 Å². The molecule has 16 heteroatoms. The molecule has 2 bridgehead atoms. The number of allylic oxidation sites excluding steroid dienone is 1. The molecule has 0 spiro atoms. The molecule has 1 saturated heterocycles. The van der Waals surface area contributed by atoms with Crippen LogP contribution in [-0.2, 0) is 47.6 Å². The van der Waals surface area contributed by atoms with Gasteiger partial charge in [-0.25, -0.2) is 14.4 Å². The molecule has 3 aliphatic carbocycles. The first-order valence-corrected chi connectivity index (χ1v) is 20.8. The number of hydrogen-bond acceptors (Lipinski definition) is 15. The Hall–Kier alpha value is -4.90. The van der Waals surface area contributed by atoms with Crippen molar-refractivity contribution in [2.24, 2.45) is 16.7 Å². The smallest absolute Gasteiger partial charge is 0.408 e. The number of Topliss-reactive ketones (excluding diaryl/α,β-unsaturated/α-hetero) is 1. The van der Waals surface area contributed by atoms with Gasteiger partial charge in [0.1, 0.15) is 29.5 Å². The van der Waals surface area contributed by atoms with Crippen molar-refractivity contribution in [1.82, 2.24) is 5.32 Å². The minimum atomic E-state index is -2.41. The van der Waals surface area contributed by atoms with Gasteiger partial charge in [0.05, 0.1) is 35.6 Å². The lowest BCUT2D eigenvalue weighted by atomic mass is 9.44. The van der Waals surface area contributed by atoms with E-state index in [1.54, 1.807) is 60.6 Å². The van der Waals surface area contributed by atoms with E-state index in [1.807, 2.05) is 0 Å². The molecule has 0 radical (unpaired) electrons. The lowest BCUT2D eigenvalue weighted by Gasteiger charge is -2.67. The highest BCUT2D eigenvalue weighted by atomic mass is 16.6. The Labute approximate surface area is 362 Å². The number of ether oxygens (including phenoxy) is 6. The van der Waals surface area contributed by atoms with Gasteiger partial charge >= 0.3 is 30.0 Å². The maximum atomic E-state index is 15.6. The second kappa shape index (κ2) is 17.3. The standard InChI is InChI=1S/C46H61NO15/c1-13-26-16-15-17-27(19-26)39(53)60-38-36-44(12,30(49)20-31-45(36,22-57-31)61-25(6)48)37(52)35(59-32(50)14-2)33-24(5)29(21-46(38,56)43(33,10)11)58-40(54)34(51)28(18-23(3)4)47-41(55)62-42(7,8)9/h13,15-19,28-31,34-36,38,49,51,56H,1,14,20-22H2,2-12H3,(H,47,55)/t28-,29-,30-,31+,34+,35+,36-,38-,44+,45-,46+/m0/s1. The molecule has 0 aromatic heterocycles. The maximum absolute atomic E-state index is 15.6. The average Bonchev–Trinajstić information content (AvgIpc) is 3.17. The van der Waals surface area contributed by atoms with Crippen molar-refractivity contribution >= 4 is 41.8 Å². The highest BCUT2D eigenvalue weighted by Crippen LogP contribution is 2.64. The predicted octanol–water partition coefficient (Wildman–Crippen LogP) is 4.46. The van der Waals surface area contributed by atoms with Crippen LogP contribution in [-0.4, -0.2) is 117 Å². The van der Waals surface area contributed by atoms with Crippen LogP contribution in [0.15, 0.2) is 53.6 Å². The van der Waals surface area contributed by atoms with Gasteiger partial charge in [0.2, 0.25) is 0 Å². The van der Waals surface area contributed by atoms with Crippen molar-refractivity contribution < 1.29 is 72.5 Å². The molecule has 62 heavy (non-hydrogen) atoms. The predicted molar refractivity (Wildman–Crippen MR) is 222 cm³/mol. The maximum Gasteiger partial charge on any atom is 0.408 e.